The van der Waals surface area contributed by atoms with Crippen LogP contribution in [0.5, 0.6) is 0 Å². The zero-order valence-corrected chi connectivity index (χ0v) is 12.1. The van der Waals surface area contributed by atoms with Gasteiger partial charge in [-0.2, -0.15) is 0 Å². The van der Waals surface area contributed by atoms with Gasteiger partial charge in [-0.25, -0.2) is 4.98 Å². The minimum Gasteiger partial charge on any atom is -0.384 e. The number of nitrogens with two attached hydrogens (primary N) is 1. The van der Waals surface area contributed by atoms with E-state index < -0.39 is 0 Å². The Kier molecular flexibility index (Phi) is 3.90. The van der Waals surface area contributed by atoms with Gasteiger partial charge in [-0.15, -0.1) is 0 Å². The molecule has 0 unspecified atom stereocenters. The van der Waals surface area contributed by atoms with E-state index in [-0.39, 0.29) is 5.84 Å². The highest BCUT2D eigenvalue weighted by atomic mass is 32.2. The summed E-state index contributed by atoms with van der Waals surface area (Å²) in [6.07, 6.45) is 0. The van der Waals surface area contributed by atoms with Crippen molar-refractivity contribution in [3.8, 4) is 0 Å². The van der Waals surface area contributed by atoms with Crippen LogP contribution >= 0.6 is 11.8 Å². The van der Waals surface area contributed by atoms with Gasteiger partial charge in [-0.05, 0) is 50.1 Å². The van der Waals surface area contributed by atoms with Crippen molar-refractivity contribution in [2.24, 2.45) is 5.73 Å². The van der Waals surface area contributed by atoms with Gasteiger partial charge in [-0.1, -0.05) is 23.9 Å². The number of nitrogens with zero attached hydrogens (tertiary/aromatic N) is 1. The van der Waals surface area contributed by atoms with Gasteiger partial charge < -0.3 is 5.73 Å². The van der Waals surface area contributed by atoms with E-state index in [0.717, 1.165) is 15.6 Å². The van der Waals surface area contributed by atoms with Crippen molar-refractivity contribution in [3.63, 3.8) is 0 Å². The second kappa shape index (κ2) is 5.45. The third kappa shape index (κ3) is 3.15. The van der Waals surface area contributed by atoms with E-state index >= 15 is 0 Å². The van der Waals surface area contributed by atoms with Crippen LogP contribution in [0.1, 0.15) is 22.4 Å². The molecule has 1 heterocycles. The monoisotopic (exact) mass is 271 g/mol. The van der Waals surface area contributed by atoms with Gasteiger partial charge in [0.2, 0.25) is 0 Å². The van der Waals surface area contributed by atoms with E-state index in [9.17, 15) is 0 Å². The SMILES string of the molecule is Cc1ccc(C)c(Sc2nc(C)ccc2C(=N)N)c1. The van der Waals surface area contributed by atoms with E-state index in [2.05, 4.69) is 37.0 Å². The highest BCUT2D eigenvalue weighted by Gasteiger charge is 2.10. The molecule has 1 aromatic carbocycles. The van der Waals surface area contributed by atoms with Crippen LogP contribution in [0, 0.1) is 26.2 Å². The predicted molar refractivity (Wildman–Crippen MR) is 80.0 cm³/mol. The summed E-state index contributed by atoms with van der Waals surface area (Å²) in [6.45, 7) is 6.08. The third-order valence-corrected chi connectivity index (χ3v) is 4.00. The van der Waals surface area contributed by atoms with Gasteiger partial charge in [-0.3, -0.25) is 5.41 Å². The van der Waals surface area contributed by atoms with Crippen LogP contribution in [0.15, 0.2) is 40.3 Å². The molecule has 2 rings (SSSR count). The van der Waals surface area contributed by atoms with Crippen LogP contribution in [0.3, 0.4) is 0 Å². The molecule has 1 aromatic heterocycles. The molecule has 0 bridgehead atoms. The first-order valence-corrected chi connectivity index (χ1v) is 6.86. The van der Waals surface area contributed by atoms with Crippen molar-refractivity contribution in [3.05, 3.63) is 52.7 Å². The molecule has 19 heavy (non-hydrogen) atoms. The second-order valence-electron chi connectivity index (χ2n) is 4.59. The van der Waals surface area contributed by atoms with Gasteiger partial charge in [0.25, 0.3) is 0 Å². The summed E-state index contributed by atoms with van der Waals surface area (Å²) in [5.74, 6) is 0.0558. The van der Waals surface area contributed by atoms with Crippen LogP contribution < -0.4 is 5.73 Å². The first kappa shape index (κ1) is 13.6. The van der Waals surface area contributed by atoms with Crippen LogP contribution in [0.4, 0.5) is 0 Å². The number of rotatable bonds is 3. The van der Waals surface area contributed by atoms with Gasteiger partial charge in [0.15, 0.2) is 0 Å². The van der Waals surface area contributed by atoms with E-state index in [1.807, 2.05) is 19.1 Å². The molecule has 0 saturated carbocycles. The van der Waals surface area contributed by atoms with Crippen molar-refractivity contribution in [1.82, 2.24) is 4.98 Å². The normalized spacial score (nSPS) is 10.5. The Hall–Kier alpha value is -1.81. The topological polar surface area (TPSA) is 62.8 Å². The molecule has 0 amide bonds. The number of pyridine rings is 1. The third-order valence-electron chi connectivity index (χ3n) is 2.84. The van der Waals surface area contributed by atoms with E-state index in [1.54, 1.807) is 11.8 Å². The number of nitrogen functional groups attached to an aromatic ring is 1. The lowest BCUT2D eigenvalue weighted by Crippen LogP contribution is -2.13. The van der Waals surface area contributed by atoms with Crippen molar-refractivity contribution in [2.45, 2.75) is 30.7 Å². The summed E-state index contributed by atoms with van der Waals surface area (Å²) in [4.78, 5) is 5.66. The van der Waals surface area contributed by atoms with Crippen molar-refractivity contribution >= 4 is 17.6 Å². The van der Waals surface area contributed by atoms with Crippen molar-refractivity contribution < 1.29 is 0 Å². The second-order valence-corrected chi connectivity index (χ2v) is 5.62. The minimum atomic E-state index is 0.0558. The van der Waals surface area contributed by atoms with Crippen LogP contribution in [-0.2, 0) is 0 Å². The van der Waals surface area contributed by atoms with E-state index in [4.69, 9.17) is 11.1 Å². The Morgan fingerprint density at radius 2 is 1.89 bits per heavy atom. The number of hydrogen-bond acceptors (Lipinski definition) is 3. The Morgan fingerprint density at radius 1 is 1.16 bits per heavy atom. The molecule has 0 spiro atoms. The maximum atomic E-state index is 7.63. The largest absolute Gasteiger partial charge is 0.384 e. The van der Waals surface area contributed by atoms with Gasteiger partial charge in [0.05, 0.1) is 0 Å². The molecule has 0 saturated heterocycles. The summed E-state index contributed by atoms with van der Waals surface area (Å²) in [7, 11) is 0. The maximum Gasteiger partial charge on any atom is 0.125 e. The lowest BCUT2D eigenvalue weighted by atomic mass is 10.2. The number of hydrogen-bond donors (Lipinski definition) is 2. The van der Waals surface area contributed by atoms with Crippen LogP contribution in [-0.4, -0.2) is 10.8 Å². The van der Waals surface area contributed by atoms with Gasteiger partial charge in [0, 0.05) is 16.2 Å². The molecule has 0 radical (unpaired) electrons. The zero-order chi connectivity index (χ0) is 14.0. The average Bonchev–Trinajstić information content (AvgIpc) is 2.33. The summed E-state index contributed by atoms with van der Waals surface area (Å²) in [5.41, 5.74) is 9.65. The van der Waals surface area contributed by atoms with Crippen molar-refractivity contribution in [1.29, 1.82) is 5.41 Å². The molecule has 0 fully saturated rings. The smallest absolute Gasteiger partial charge is 0.125 e. The highest BCUT2D eigenvalue weighted by molar-refractivity contribution is 7.99. The standard InChI is InChI=1S/C15H17N3S/c1-9-4-5-10(2)13(8-9)19-15-12(14(16)17)7-6-11(3)18-15/h4-8H,1-3H3,(H3,16,17). The Balaban J connectivity index is 2.45. The molecule has 0 aliphatic rings. The van der Waals surface area contributed by atoms with E-state index in [1.165, 1.54) is 11.1 Å². The minimum absolute atomic E-state index is 0.0558. The zero-order valence-electron chi connectivity index (χ0n) is 11.3. The number of nitrogens with one attached hydrogen (secondary N) is 1. The molecule has 4 heteroatoms. The fraction of sp³-hybridized carbons (Fsp3) is 0.200. The van der Waals surface area contributed by atoms with Crippen LogP contribution in [0.25, 0.3) is 0 Å². The Morgan fingerprint density at radius 3 is 2.58 bits per heavy atom. The molecule has 2 aromatic rings. The number of aromatic nitrogens is 1. The summed E-state index contributed by atoms with van der Waals surface area (Å²) < 4.78 is 0. The van der Waals surface area contributed by atoms with Gasteiger partial charge >= 0.3 is 0 Å². The van der Waals surface area contributed by atoms with Crippen LogP contribution in [0.2, 0.25) is 0 Å². The number of benzene rings is 1. The molecule has 0 aliphatic carbocycles. The number of aryl methyl sites for hydroxylation is 3. The lowest BCUT2D eigenvalue weighted by molar-refractivity contribution is 1.05. The molecule has 0 aliphatic heterocycles. The summed E-state index contributed by atoms with van der Waals surface area (Å²) in [5, 5.41) is 8.43. The summed E-state index contributed by atoms with van der Waals surface area (Å²) >= 11 is 1.57. The molecule has 0 atom stereocenters. The summed E-state index contributed by atoms with van der Waals surface area (Å²) in [6, 6.07) is 10.1. The molecule has 3 N–H and O–H groups in total. The molecule has 3 nitrogen and oxygen atoms in total. The number of amidine groups is 1. The van der Waals surface area contributed by atoms with Gasteiger partial charge in [0.1, 0.15) is 10.9 Å². The lowest BCUT2D eigenvalue weighted by Gasteiger charge is -2.10. The maximum absolute atomic E-state index is 7.63. The first-order valence-electron chi connectivity index (χ1n) is 6.04. The first-order chi connectivity index (χ1) is 8.97. The molecular formula is C15H17N3S. The fourth-order valence-electron chi connectivity index (χ4n) is 1.74. The Bertz CT molecular complexity index is 635. The predicted octanol–water partition coefficient (Wildman–Crippen LogP) is 3.44. The Labute approximate surface area is 117 Å². The van der Waals surface area contributed by atoms with E-state index in [0.29, 0.717) is 5.56 Å². The highest BCUT2D eigenvalue weighted by Crippen LogP contribution is 2.32. The van der Waals surface area contributed by atoms with Crippen molar-refractivity contribution in [2.75, 3.05) is 0 Å². The molecule has 98 valence electrons. The quantitative estimate of drug-likeness (QED) is 0.664. The average molecular weight is 271 g/mol. The molecular weight excluding hydrogens is 254 g/mol. The fourth-order valence-corrected chi connectivity index (χ4v) is 2.90.